The molecule has 1 aromatic rings. The summed E-state index contributed by atoms with van der Waals surface area (Å²) in [6.45, 7) is 4.41. The SMILES string of the molecule is CCC(CO)NS(=O)(=O)c1c(C)cc(F)c(N)c1C. The molecular weight excluding hydrogens is 271 g/mol. The van der Waals surface area contributed by atoms with Crippen LogP contribution in [-0.2, 0) is 10.0 Å². The maximum Gasteiger partial charge on any atom is 0.241 e. The third kappa shape index (κ3) is 3.23. The van der Waals surface area contributed by atoms with Crippen LogP contribution in [-0.4, -0.2) is 26.2 Å². The van der Waals surface area contributed by atoms with Crippen LogP contribution >= 0.6 is 0 Å². The molecule has 0 amide bonds. The summed E-state index contributed by atoms with van der Waals surface area (Å²) in [6.07, 6.45) is 0.449. The third-order valence-corrected chi connectivity index (χ3v) is 4.82. The molecule has 5 nitrogen and oxygen atoms in total. The summed E-state index contributed by atoms with van der Waals surface area (Å²) in [5.74, 6) is -0.636. The van der Waals surface area contributed by atoms with E-state index in [0.717, 1.165) is 6.07 Å². The quantitative estimate of drug-likeness (QED) is 0.707. The lowest BCUT2D eigenvalue weighted by atomic mass is 10.1. The molecule has 0 aliphatic heterocycles. The Bertz CT molecular complexity index is 569. The van der Waals surface area contributed by atoms with Crippen LogP contribution in [0.15, 0.2) is 11.0 Å². The normalized spacial score (nSPS) is 13.5. The van der Waals surface area contributed by atoms with Crippen LogP contribution < -0.4 is 10.5 Å². The van der Waals surface area contributed by atoms with E-state index in [4.69, 9.17) is 10.8 Å². The van der Waals surface area contributed by atoms with E-state index in [1.807, 2.05) is 0 Å². The number of nitrogens with two attached hydrogens (primary N) is 1. The van der Waals surface area contributed by atoms with Gasteiger partial charge in [0.2, 0.25) is 10.0 Å². The van der Waals surface area contributed by atoms with Gasteiger partial charge in [-0.05, 0) is 37.5 Å². The van der Waals surface area contributed by atoms with E-state index >= 15 is 0 Å². The molecular formula is C12H19FN2O3S. The Morgan fingerprint density at radius 1 is 1.47 bits per heavy atom. The van der Waals surface area contributed by atoms with Crippen molar-refractivity contribution in [1.82, 2.24) is 4.72 Å². The predicted molar refractivity (Wildman–Crippen MR) is 71.8 cm³/mol. The lowest BCUT2D eigenvalue weighted by Crippen LogP contribution is -2.37. The van der Waals surface area contributed by atoms with Gasteiger partial charge in [0.1, 0.15) is 5.82 Å². The maximum absolute atomic E-state index is 13.4. The van der Waals surface area contributed by atoms with E-state index in [1.165, 1.54) is 13.8 Å². The van der Waals surface area contributed by atoms with E-state index < -0.39 is 21.9 Å². The van der Waals surface area contributed by atoms with Crippen LogP contribution in [0.3, 0.4) is 0 Å². The van der Waals surface area contributed by atoms with Crippen LogP contribution in [0.25, 0.3) is 0 Å². The second-order valence-electron chi connectivity index (χ2n) is 4.45. The molecule has 1 rings (SSSR count). The zero-order valence-electron chi connectivity index (χ0n) is 11.2. The van der Waals surface area contributed by atoms with Gasteiger partial charge in [-0.3, -0.25) is 0 Å². The summed E-state index contributed by atoms with van der Waals surface area (Å²) in [5, 5.41) is 9.06. The number of anilines is 1. The molecule has 0 aliphatic rings. The van der Waals surface area contributed by atoms with Crippen molar-refractivity contribution >= 4 is 15.7 Å². The Balaban J connectivity index is 3.34. The number of aryl methyl sites for hydroxylation is 1. The molecule has 0 spiro atoms. The molecule has 0 saturated carbocycles. The van der Waals surface area contributed by atoms with Gasteiger partial charge >= 0.3 is 0 Å². The summed E-state index contributed by atoms with van der Waals surface area (Å²) < 4.78 is 40.3. The molecule has 108 valence electrons. The smallest absolute Gasteiger partial charge is 0.241 e. The van der Waals surface area contributed by atoms with Gasteiger partial charge in [0, 0.05) is 6.04 Å². The minimum Gasteiger partial charge on any atom is -0.396 e. The van der Waals surface area contributed by atoms with E-state index in [2.05, 4.69) is 4.72 Å². The molecule has 1 aromatic carbocycles. The topological polar surface area (TPSA) is 92.4 Å². The van der Waals surface area contributed by atoms with Crippen LogP contribution in [0.1, 0.15) is 24.5 Å². The zero-order chi connectivity index (χ0) is 14.8. The fraction of sp³-hybridized carbons (Fsp3) is 0.500. The predicted octanol–water partition coefficient (Wildman–Crippen LogP) is 1.07. The number of aliphatic hydroxyl groups is 1. The molecule has 0 aromatic heterocycles. The van der Waals surface area contributed by atoms with Crippen molar-refractivity contribution in [3.63, 3.8) is 0 Å². The number of nitrogen functional groups attached to an aromatic ring is 1. The minimum atomic E-state index is -3.84. The lowest BCUT2D eigenvalue weighted by Gasteiger charge is -2.18. The van der Waals surface area contributed by atoms with Crippen LogP contribution in [0.5, 0.6) is 0 Å². The van der Waals surface area contributed by atoms with Crippen molar-refractivity contribution in [2.45, 2.75) is 38.1 Å². The fourth-order valence-electron chi connectivity index (χ4n) is 1.87. The number of rotatable bonds is 5. The van der Waals surface area contributed by atoms with E-state index in [0.29, 0.717) is 6.42 Å². The summed E-state index contributed by atoms with van der Waals surface area (Å²) in [5.41, 5.74) is 5.81. The Kier molecular flexibility index (Phi) is 4.89. The Hall–Kier alpha value is -1.18. The van der Waals surface area contributed by atoms with Gasteiger partial charge in [0.15, 0.2) is 0 Å². The Morgan fingerprint density at radius 3 is 2.53 bits per heavy atom. The number of hydrogen-bond acceptors (Lipinski definition) is 4. The number of nitrogens with one attached hydrogen (secondary N) is 1. The average molecular weight is 290 g/mol. The highest BCUT2D eigenvalue weighted by atomic mass is 32.2. The van der Waals surface area contributed by atoms with Gasteiger partial charge < -0.3 is 10.8 Å². The van der Waals surface area contributed by atoms with Crippen LogP contribution in [0.2, 0.25) is 0 Å². The maximum atomic E-state index is 13.4. The van der Waals surface area contributed by atoms with E-state index in [-0.39, 0.29) is 28.3 Å². The standard InChI is InChI=1S/C12H19FN2O3S/c1-4-9(6-16)15-19(17,18)12-7(2)5-10(13)11(14)8(12)3/h5,9,15-16H,4,6,14H2,1-3H3. The van der Waals surface area contributed by atoms with Gasteiger partial charge in [0.05, 0.1) is 17.2 Å². The molecule has 0 bridgehead atoms. The third-order valence-electron chi connectivity index (χ3n) is 3.01. The summed E-state index contributed by atoms with van der Waals surface area (Å²) in [6, 6.07) is 0.520. The van der Waals surface area contributed by atoms with E-state index in [9.17, 15) is 12.8 Å². The molecule has 0 saturated heterocycles. The van der Waals surface area contributed by atoms with Gasteiger partial charge in [0.25, 0.3) is 0 Å². The van der Waals surface area contributed by atoms with Crippen molar-refractivity contribution in [3.05, 3.63) is 23.0 Å². The molecule has 0 radical (unpaired) electrons. The molecule has 1 unspecified atom stereocenters. The number of aliphatic hydroxyl groups excluding tert-OH is 1. The molecule has 0 aliphatic carbocycles. The molecule has 0 fully saturated rings. The first-order valence-corrected chi connectivity index (χ1v) is 7.41. The van der Waals surface area contributed by atoms with E-state index in [1.54, 1.807) is 6.92 Å². The highest BCUT2D eigenvalue weighted by Gasteiger charge is 2.25. The number of halogens is 1. The van der Waals surface area contributed by atoms with Crippen molar-refractivity contribution in [2.24, 2.45) is 0 Å². The zero-order valence-corrected chi connectivity index (χ0v) is 12.0. The van der Waals surface area contributed by atoms with Gasteiger partial charge in [-0.2, -0.15) is 0 Å². The average Bonchev–Trinajstić information content (AvgIpc) is 2.32. The number of hydrogen-bond donors (Lipinski definition) is 3. The first-order chi connectivity index (χ1) is 8.74. The summed E-state index contributed by atoms with van der Waals surface area (Å²) in [7, 11) is -3.84. The minimum absolute atomic E-state index is 0.0294. The Labute approximate surface area is 112 Å². The molecule has 19 heavy (non-hydrogen) atoms. The van der Waals surface area contributed by atoms with Crippen molar-refractivity contribution in [2.75, 3.05) is 12.3 Å². The number of benzene rings is 1. The largest absolute Gasteiger partial charge is 0.396 e. The first-order valence-electron chi connectivity index (χ1n) is 5.93. The van der Waals surface area contributed by atoms with Crippen molar-refractivity contribution < 1.29 is 17.9 Å². The second kappa shape index (κ2) is 5.85. The van der Waals surface area contributed by atoms with Crippen LogP contribution in [0.4, 0.5) is 10.1 Å². The van der Waals surface area contributed by atoms with Gasteiger partial charge in [-0.25, -0.2) is 17.5 Å². The highest BCUT2D eigenvalue weighted by Crippen LogP contribution is 2.27. The molecule has 7 heteroatoms. The molecule has 4 N–H and O–H groups in total. The van der Waals surface area contributed by atoms with Gasteiger partial charge in [-0.1, -0.05) is 6.92 Å². The highest BCUT2D eigenvalue weighted by molar-refractivity contribution is 7.89. The first kappa shape index (κ1) is 15.9. The Morgan fingerprint density at radius 2 is 2.05 bits per heavy atom. The fourth-order valence-corrected chi connectivity index (χ4v) is 3.67. The summed E-state index contributed by atoms with van der Waals surface area (Å²) >= 11 is 0. The van der Waals surface area contributed by atoms with Gasteiger partial charge in [-0.15, -0.1) is 0 Å². The molecule has 1 atom stereocenters. The summed E-state index contributed by atoms with van der Waals surface area (Å²) in [4.78, 5) is -0.0294. The van der Waals surface area contributed by atoms with Crippen LogP contribution in [0, 0.1) is 19.7 Å². The molecule has 0 heterocycles. The number of sulfonamides is 1. The van der Waals surface area contributed by atoms with Crippen molar-refractivity contribution in [3.8, 4) is 0 Å². The lowest BCUT2D eigenvalue weighted by molar-refractivity contribution is 0.254. The van der Waals surface area contributed by atoms with Crippen molar-refractivity contribution in [1.29, 1.82) is 0 Å². The second-order valence-corrected chi connectivity index (χ2v) is 6.10. The monoisotopic (exact) mass is 290 g/mol.